The van der Waals surface area contributed by atoms with Crippen molar-refractivity contribution < 1.29 is 18.0 Å². The first-order valence-electron chi connectivity index (χ1n) is 10.9. The lowest BCUT2D eigenvalue weighted by Crippen LogP contribution is -2.52. The summed E-state index contributed by atoms with van der Waals surface area (Å²) in [5.74, 6) is -0.382. The van der Waals surface area contributed by atoms with E-state index in [-0.39, 0.29) is 61.5 Å². The van der Waals surface area contributed by atoms with Crippen LogP contribution >= 0.6 is 0 Å². The molecule has 0 aromatic heterocycles. The maximum absolute atomic E-state index is 13.0. The van der Waals surface area contributed by atoms with Crippen LogP contribution in [0.15, 0.2) is 47.4 Å². The third-order valence-electron chi connectivity index (χ3n) is 5.91. The molecule has 3 rings (SSSR count). The fraction of sp³-hybridized carbons (Fsp3) is 0.375. The number of amides is 2. The average molecular weight is 484 g/mol. The lowest BCUT2D eigenvalue weighted by atomic mass is 10.1. The normalized spacial score (nSPS) is 14.6. The van der Waals surface area contributed by atoms with Crippen LogP contribution in [0.25, 0.3) is 0 Å². The first kappa shape index (κ1) is 25.4. The summed E-state index contributed by atoms with van der Waals surface area (Å²) in [6.07, 6.45) is 0. The highest BCUT2D eigenvalue weighted by Gasteiger charge is 2.31. The van der Waals surface area contributed by atoms with Gasteiger partial charge in [0.15, 0.2) is 0 Å². The van der Waals surface area contributed by atoms with Crippen LogP contribution in [-0.2, 0) is 19.6 Å². The highest BCUT2D eigenvalue weighted by Crippen LogP contribution is 2.21. The predicted molar refractivity (Wildman–Crippen MR) is 129 cm³/mol. The van der Waals surface area contributed by atoms with E-state index in [9.17, 15) is 23.3 Å². The van der Waals surface area contributed by atoms with E-state index in [0.717, 1.165) is 16.8 Å². The molecule has 0 unspecified atom stereocenters. The van der Waals surface area contributed by atoms with Crippen molar-refractivity contribution in [2.45, 2.75) is 18.7 Å². The molecule has 1 aliphatic rings. The topological polar surface area (TPSA) is 114 Å². The standard InChI is InChI=1S/C24H29N5O4S/c1-18-7-6-9-21(19(18)2)26-23(30)16-27(3)17-24(31)28-11-13-29(14-12-28)34(32,33)22-10-5-4-8-20(22)15-25/h4-10H,11-14,16-17H2,1-3H3,(H,26,30). The number of carbonyl (C=O) groups is 2. The molecule has 0 saturated carbocycles. The molecule has 1 aliphatic heterocycles. The number of likely N-dealkylation sites (N-methyl/N-ethyl adjacent to an activating group) is 1. The molecule has 2 amide bonds. The van der Waals surface area contributed by atoms with E-state index in [1.165, 1.54) is 16.4 Å². The zero-order valence-corrected chi connectivity index (χ0v) is 20.4. The number of nitrogens with one attached hydrogen (secondary N) is 1. The minimum atomic E-state index is -3.82. The summed E-state index contributed by atoms with van der Waals surface area (Å²) in [5.41, 5.74) is 2.93. The summed E-state index contributed by atoms with van der Waals surface area (Å²) in [6.45, 7) is 4.79. The van der Waals surface area contributed by atoms with Gasteiger partial charge in [0.1, 0.15) is 6.07 Å². The summed E-state index contributed by atoms with van der Waals surface area (Å²) in [7, 11) is -2.13. The summed E-state index contributed by atoms with van der Waals surface area (Å²) in [6, 6.07) is 13.7. The van der Waals surface area contributed by atoms with Crippen molar-refractivity contribution in [3.8, 4) is 6.07 Å². The van der Waals surface area contributed by atoms with Crippen molar-refractivity contribution in [2.24, 2.45) is 0 Å². The quantitative estimate of drug-likeness (QED) is 0.640. The van der Waals surface area contributed by atoms with Gasteiger partial charge in [-0.2, -0.15) is 9.57 Å². The smallest absolute Gasteiger partial charge is 0.244 e. The number of piperazine rings is 1. The number of hydrogen-bond acceptors (Lipinski definition) is 6. The Labute approximate surface area is 200 Å². The minimum absolute atomic E-state index is 0.0214. The van der Waals surface area contributed by atoms with Crippen LogP contribution in [0.5, 0.6) is 0 Å². The van der Waals surface area contributed by atoms with Gasteiger partial charge in [0.25, 0.3) is 0 Å². The van der Waals surface area contributed by atoms with Crippen molar-refractivity contribution in [2.75, 3.05) is 51.6 Å². The van der Waals surface area contributed by atoms with Crippen LogP contribution < -0.4 is 5.32 Å². The molecule has 0 atom stereocenters. The lowest BCUT2D eigenvalue weighted by molar-refractivity contribution is -0.133. The van der Waals surface area contributed by atoms with Crippen LogP contribution in [0.4, 0.5) is 5.69 Å². The van der Waals surface area contributed by atoms with Gasteiger partial charge in [-0.25, -0.2) is 8.42 Å². The van der Waals surface area contributed by atoms with Gasteiger partial charge >= 0.3 is 0 Å². The van der Waals surface area contributed by atoms with E-state index in [2.05, 4.69) is 5.32 Å². The highest BCUT2D eigenvalue weighted by molar-refractivity contribution is 7.89. The summed E-state index contributed by atoms with van der Waals surface area (Å²) in [4.78, 5) is 28.3. The Balaban J connectivity index is 1.52. The van der Waals surface area contributed by atoms with Crippen LogP contribution in [-0.4, -0.2) is 80.7 Å². The van der Waals surface area contributed by atoms with Gasteiger partial charge < -0.3 is 10.2 Å². The second kappa shape index (κ2) is 10.8. The third kappa shape index (κ3) is 5.80. The van der Waals surface area contributed by atoms with Crippen LogP contribution in [0.2, 0.25) is 0 Å². The summed E-state index contributed by atoms with van der Waals surface area (Å²) < 4.78 is 27.2. The molecule has 1 saturated heterocycles. The van der Waals surface area contributed by atoms with Gasteiger partial charge in [0, 0.05) is 31.9 Å². The molecule has 2 aromatic carbocycles. The van der Waals surface area contributed by atoms with Crippen molar-refractivity contribution >= 4 is 27.5 Å². The number of nitrogens with zero attached hydrogens (tertiary/aromatic N) is 4. The van der Waals surface area contributed by atoms with E-state index in [1.807, 2.05) is 38.1 Å². The fourth-order valence-corrected chi connectivity index (χ4v) is 5.37. The second-order valence-corrected chi connectivity index (χ2v) is 10.3. The molecule has 1 heterocycles. The number of aryl methyl sites for hydroxylation is 1. The molecule has 10 heteroatoms. The Hall–Kier alpha value is -3.26. The van der Waals surface area contributed by atoms with Crippen molar-refractivity contribution in [3.05, 3.63) is 59.2 Å². The van der Waals surface area contributed by atoms with Crippen LogP contribution in [0.1, 0.15) is 16.7 Å². The molecular weight excluding hydrogens is 454 g/mol. The number of nitriles is 1. The largest absolute Gasteiger partial charge is 0.339 e. The molecular formula is C24H29N5O4S. The molecule has 34 heavy (non-hydrogen) atoms. The highest BCUT2D eigenvalue weighted by atomic mass is 32.2. The summed E-state index contributed by atoms with van der Waals surface area (Å²) >= 11 is 0. The van der Waals surface area contributed by atoms with Gasteiger partial charge in [0.2, 0.25) is 21.8 Å². The summed E-state index contributed by atoms with van der Waals surface area (Å²) in [5, 5.41) is 12.1. The van der Waals surface area contributed by atoms with Crippen molar-refractivity contribution in [3.63, 3.8) is 0 Å². The third-order valence-corrected chi connectivity index (χ3v) is 7.87. The number of hydrogen-bond donors (Lipinski definition) is 1. The van der Waals surface area contributed by atoms with E-state index in [0.29, 0.717) is 0 Å². The maximum Gasteiger partial charge on any atom is 0.244 e. The number of sulfonamides is 1. The van der Waals surface area contributed by atoms with Crippen molar-refractivity contribution in [1.82, 2.24) is 14.1 Å². The SMILES string of the molecule is Cc1cccc(NC(=O)CN(C)CC(=O)N2CCN(S(=O)(=O)c3ccccc3C#N)CC2)c1C. The Bertz CT molecular complexity index is 1210. The second-order valence-electron chi connectivity index (χ2n) is 8.36. The van der Waals surface area contributed by atoms with E-state index in [4.69, 9.17) is 0 Å². The van der Waals surface area contributed by atoms with E-state index in [1.54, 1.807) is 29.0 Å². The van der Waals surface area contributed by atoms with Gasteiger partial charge in [-0.05, 0) is 50.2 Å². The molecule has 0 aliphatic carbocycles. The Morgan fingerprint density at radius 2 is 1.71 bits per heavy atom. The monoisotopic (exact) mass is 483 g/mol. The fourth-order valence-electron chi connectivity index (χ4n) is 3.81. The first-order valence-corrected chi connectivity index (χ1v) is 12.4. The van der Waals surface area contributed by atoms with E-state index >= 15 is 0 Å². The van der Waals surface area contributed by atoms with Gasteiger partial charge in [-0.1, -0.05) is 24.3 Å². The van der Waals surface area contributed by atoms with Gasteiger partial charge in [0.05, 0.1) is 23.5 Å². The molecule has 0 spiro atoms. The molecule has 0 radical (unpaired) electrons. The molecule has 2 aromatic rings. The maximum atomic E-state index is 13.0. The predicted octanol–water partition coefficient (Wildman–Crippen LogP) is 1.58. The average Bonchev–Trinajstić information content (AvgIpc) is 2.81. The minimum Gasteiger partial charge on any atom is -0.339 e. The molecule has 180 valence electrons. The Morgan fingerprint density at radius 1 is 1.03 bits per heavy atom. The van der Waals surface area contributed by atoms with Gasteiger partial charge in [-0.15, -0.1) is 0 Å². The zero-order valence-electron chi connectivity index (χ0n) is 19.6. The first-order chi connectivity index (χ1) is 16.1. The molecule has 0 bridgehead atoms. The van der Waals surface area contributed by atoms with Crippen LogP contribution in [0, 0.1) is 25.2 Å². The zero-order chi connectivity index (χ0) is 24.9. The number of anilines is 1. The number of benzene rings is 2. The van der Waals surface area contributed by atoms with Crippen molar-refractivity contribution in [1.29, 1.82) is 5.26 Å². The Morgan fingerprint density at radius 3 is 2.38 bits per heavy atom. The van der Waals surface area contributed by atoms with Crippen LogP contribution in [0.3, 0.4) is 0 Å². The lowest BCUT2D eigenvalue weighted by Gasteiger charge is -2.34. The molecule has 1 fully saturated rings. The number of carbonyl (C=O) groups excluding carboxylic acids is 2. The number of rotatable bonds is 7. The van der Waals surface area contributed by atoms with Gasteiger partial charge in [-0.3, -0.25) is 14.5 Å². The molecule has 9 nitrogen and oxygen atoms in total. The van der Waals surface area contributed by atoms with E-state index < -0.39 is 10.0 Å². The Kier molecular flexibility index (Phi) is 8.04. The molecule has 1 N–H and O–H groups in total.